The van der Waals surface area contributed by atoms with Crippen LogP contribution in [0.2, 0.25) is 0 Å². The van der Waals surface area contributed by atoms with E-state index in [0.717, 1.165) is 24.2 Å². The summed E-state index contributed by atoms with van der Waals surface area (Å²) in [5.41, 5.74) is 1.96. The fraction of sp³-hybridized carbons (Fsp3) is 0.500. The Bertz CT molecular complexity index is 812. The average molecular weight is 398 g/mol. The second-order valence-electron chi connectivity index (χ2n) is 7.49. The number of benzene rings is 1. The van der Waals surface area contributed by atoms with E-state index in [1.165, 1.54) is 12.8 Å². The van der Waals surface area contributed by atoms with E-state index >= 15 is 0 Å². The van der Waals surface area contributed by atoms with Crippen molar-refractivity contribution in [1.29, 1.82) is 0 Å². The van der Waals surface area contributed by atoms with Crippen LogP contribution in [-0.4, -0.2) is 52.7 Å². The molecule has 0 bridgehead atoms. The van der Waals surface area contributed by atoms with Crippen molar-refractivity contribution in [3.63, 3.8) is 0 Å². The van der Waals surface area contributed by atoms with E-state index in [1.807, 2.05) is 59.8 Å². The van der Waals surface area contributed by atoms with Gasteiger partial charge < -0.3 is 10.6 Å². The van der Waals surface area contributed by atoms with Crippen molar-refractivity contribution in [2.75, 3.05) is 31.5 Å². The van der Waals surface area contributed by atoms with Crippen molar-refractivity contribution < 1.29 is 9.59 Å². The third kappa shape index (κ3) is 5.67. The summed E-state index contributed by atoms with van der Waals surface area (Å²) < 4.78 is 1.81. The summed E-state index contributed by atoms with van der Waals surface area (Å²) in [6.45, 7) is 5.40. The summed E-state index contributed by atoms with van der Waals surface area (Å²) in [5.74, 6) is 0.920. The molecule has 0 unspecified atom stereocenters. The minimum atomic E-state index is -0.147. The monoisotopic (exact) mass is 397 g/mol. The number of amides is 2. The molecule has 0 radical (unpaired) electrons. The quantitative estimate of drug-likeness (QED) is 0.682. The van der Waals surface area contributed by atoms with E-state index in [9.17, 15) is 9.59 Å². The number of likely N-dealkylation sites (N-methyl/N-ethyl adjacent to an activating group) is 2. The highest BCUT2D eigenvalue weighted by Crippen LogP contribution is 2.35. The van der Waals surface area contributed by atoms with E-state index in [-0.39, 0.29) is 24.9 Å². The van der Waals surface area contributed by atoms with E-state index in [4.69, 9.17) is 5.10 Å². The van der Waals surface area contributed by atoms with Crippen LogP contribution in [0.3, 0.4) is 0 Å². The Labute approximate surface area is 172 Å². The molecular weight excluding hydrogens is 366 g/mol. The van der Waals surface area contributed by atoms with Crippen LogP contribution < -0.4 is 10.6 Å². The van der Waals surface area contributed by atoms with Crippen molar-refractivity contribution in [2.45, 2.75) is 45.4 Å². The highest BCUT2D eigenvalue weighted by molar-refractivity contribution is 5.92. The molecule has 0 atom stereocenters. The van der Waals surface area contributed by atoms with Crippen molar-refractivity contribution in [1.82, 2.24) is 20.0 Å². The molecule has 7 heteroatoms. The first-order chi connectivity index (χ1) is 14.1. The van der Waals surface area contributed by atoms with Crippen molar-refractivity contribution in [3.05, 3.63) is 42.1 Å². The predicted molar refractivity (Wildman–Crippen MR) is 114 cm³/mol. The molecule has 1 aromatic carbocycles. The Balaban J connectivity index is 1.74. The van der Waals surface area contributed by atoms with Crippen LogP contribution in [0.1, 0.15) is 51.1 Å². The van der Waals surface area contributed by atoms with Gasteiger partial charge in [0, 0.05) is 18.5 Å². The number of hydrogen-bond acceptors (Lipinski definition) is 4. The Kier molecular flexibility index (Phi) is 7.41. The lowest BCUT2D eigenvalue weighted by molar-refractivity contribution is -0.123. The summed E-state index contributed by atoms with van der Waals surface area (Å²) in [6, 6.07) is 11.8. The first-order valence-electron chi connectivity index (χ1n) is 10.5. The van der Waals surface area contributed by atoms with E-state index in [2.05, 4.69) is 10.6 Å². The first kappa shape index (κ1) is 21.0. The molecule has 0 aliphatic heterocycles. The molecule has 0 saturated heterocycles. The molecule has 3 rings (SSSR count). The summed E-state index contributed by atoms with van der Waals surface area (Å²) in [7, 11) is 0. The van der Waals surface area contributed by atoms with Crippen molar-refractivity contribution in [3.8, 4) is 5.69 Å². The van der Waals surface area contributed by atoms with Gasteiger partial charge in [0.05, 0.1) is 24.5 Å². The van der Waals surface area contributed by atoms with Gasteiger partial charge >= 0.3 is 0 Å². The first-order valence-corrected chi connectivity index (χ1v) is 10.5. The second kappa shape index (κ2) is 10.2. The maximum atomic E-state index is 12.7. The molecule has 1 aromatic heterocycles. The van der Waals surface area contributed by atoms with Gasteiger partial charge in [0.2, 0.25) is 11.8 Å². The third-order valence-electron chi connectivity index (χ3n) is 5.33. The third-order valence-corrected chi connectivity index (χ3v) is 5.33. The van der Waals surface area contributed by atoms with E-state index in [1.54, 1.807) is 0 Å². The van der Waals surface area contributed by atoms with Gasteiger partial charge in [-0.15, -0.1) is 0 Å². The highest BCUT2D eigenvalue weighted by Gasteiger charge is 2.23. The molecule has 1 aliphatic carbocycles. The zero-order chi connectivity index (χ0) is 20.6. The SMILES string of the molecule is CCNC(=O)CN(CC)CC(=O)Nc1cc(C2CCCC2)nn1-c1ccccc1. The molecule has 1 heterocycles. The van der Waals surface area contributed by atoms with Crippen LogP contribution in [0.4, 0.5) is 5.82 Å². The number of nitrogens with zero attached hydrogens (tertiary/aromatic N) is 3. The van der Waals surface area contributed by atoms with Crippen molar-refractivity contribution in [2.24, 2.45) is 0 Å². The fourth-order valence-electron chi connectivity index (χ4n) is 3.80. The summed E-state index contributed by atoms with van der Waals surface area (Å²) in [6.07, 6.45) is 4.76. The van der Waals surface area contributed by atoms with Crippen LogP contribution in [-0.2, 0) is 9.59 Å². The van der Waals surface area contributed by atoms with E-state index < -0.39 is 0 Å². The van der Waals surface area contributed by atoms with Crippen LogP contribution >= 0.6 is 0 Å². The Morgan fingerprint density at radius 2 is 1.79 bits per heavy atom. The van der Waals surface area contributed by atoms with Gasteiger partial charge in [0.15, 0.2) is 0 Å². The zero-order valence-corrected chi connectivity index (χ0v) is 17.4. The Morgan fingerprint density at radius 1 is 1.10 bits per heavy atom. The molecule has 29 heavy (non-hydrogen) atoms. The number of hydrogen-bond donors (Lipinski definition) is 2. The van der Waals surface area contributed by atoms with Gasteiger partial charge in [-0.05, 0) is 38.4 Å². The number of rotatable bonds is 9. The topological polar surface area (TPSA) is 79.3 Å². The summed E-state index contributed by atoms with van der Waals surface area (Å²) in [4.78, 5) is 26.4. The molecule has 7 nitrogen and oxygen atoms in total. The summed E-state index contributed by atoms with van der Waals surface area (Å²) >= 11 is 0. The van der Waals surface area contributed by atoms with Gasteiger partial charge in [-0.2, -0.15) is 5.10 Å². The standard InChI is InChI=1S/C22H31N5O2/c1-3-23-21(28)15-26(4-2)16-22(29)24-20-14-19(17-10-8-9-11-17)25-27(20)18-12-6-5-7-13-18/h5-7,12-14,17H,3-4,8-11,15-16H2,1-2H3,(H,23,28)(H,24,29). The molecule has 2 N–H and O–H groups in total. The number of para-hydroxylation sites is 1. The van der Waals surface area contributed by atoms with E-state index in [0.29, 0.717) is 24.8 Å². The number of carbonyl (C=O) groups excluding carboxylic acids is 2. The minimum absolute atomic E-state index is 0.0694. The van der Waals surface area contributed by atoms with Crippen LogP contribution in [0.5, 0.6) is 0 Å². The van der Waals surface area contributed by atoms with Crippen LogP contribution in [0.25, 0.3) is 5.69 Å². The highest BCUT2D eigenvalue weighted by atomic mass is 16.2. The molecular formula is C22H31N5O2. The molecule has 2 aromatic rings. The van der Waals surface area contributed by atoms with Gasteiger partial charge in [0.1, 0.15) is 5.82 Å². The smallest absolute Gasteiger partial charge is 0.239 e. The largest absolute Gasteiger partial charge is 0.355 e. The lowest BCUT2D eigenvalue weighted by Gasteiger charge is -2.19. The number of aromatic nitrogens is 2. The van der Waals surface area contributed by atoms with Gasteiger partial charge in [-0.25, -0.2) is 4.68 Å². The van der Waals surface area contributed by atoms with Crippen molar-refractivity contribution >= 4 is 17.6 Å². The summed E-state index contributed by atoms with van der Waals surface area (Å²) in [5, 5.41) is 10.6. The molecule has 156 valence electrons. The Hall–Kier alpha value is -2.67. The fourth-order valence-corrected chi connectivity index (χ4v) is 3.80. The molecule has 1 fully saturated rings. The minimum Gasteiger partial charge on any atom is -0.355 e. The van der Waals surface area contributed by atoms with Crippen LogP contribution in [0.15, 0.2) is 36.4 Å². The molecule has 1 aliphatic rings. The number of nitrogens with one attached hydrogen (secondary N) is 2. The normalized spacial score (nSPS) is 14.3. The lowest BCUT2D eigenvalue weighted by atomic mass is 10.0. The zero-order valence-electron chi connectivity index (χ0n) is 17.4. The second-order valence-corrected chi connectivity index (χ2v) is 7.49. The molecule has 2 amide bonds. The number of carbonyl (C=O) groups is 2. The molecule has 0 spiro atoms. The maximum absolute atomic E-state index is 12.7. The van der Waals surface area contributed by atoms with Crippen LogP contribution in [0, 0.1) is 0 Å². The van der Waals surface area contributed by atoms with Gasteiger partial charge in [-0.1, -0.05) is 38.0 Å². The molecule has 1 saturated carbocycles. The lowest BCUT2D eigenvalue weighted by Crippen LogP contribution is -2.41. The average Bonchev–Trinajstić information content (AvgIpc) is 3.38. The Morgan fingerprint density at radius 3 is 2.45 bits per heavy atom. The van der Waals surface area contributed by atoms with Gasteiger partial charge in [0.25, 0.3) is 0 Å². The number of anilines is 1. The van der Waals surface area contributed by atoms with Gasteiger partial charge in [-0.3, -0.25) is 14.5 Å². The maximum Gasteiger partial charge on any atom is 0.239 e. The predicted octanol–water partition coefficient (Wildman–Crippen LogP) is 2.93.